The van der Waals surface area contributed by atoms with E-state index in [2.05, 4.69) is 26.8 Å². The zero-order chi connectivity index (χ0) is 21.9. The van der Waals surface area contributed by atoms with Crippen LogP contribution in [0.4, 0.5) is 5.82 Å². The summed E-state index contributed by atoms with van der Waals surface area (Å²) in [6.07, 6.45) is 3.58. The van der Waals surface area contributed by atoms with Gasteiger partial charge in [-0.1, -0.05) is 18.2 Å². The average molecular weight is 426 g/mol. The second kappa shape index (κ2) is 11.9. The molecule has 31 heavy (non-hydrogen) atoms. The minimum atomic E-state index is 0.246. The smallest absolute Gasteiger partial charge is 0.190 e. The van der Waals surface area contributed by atoms with Crippen molar-refractivity contribution in [3.05, 3.63) is 41.6 Å². The van der Waals surface area contributed by atoms with Crippen LogP contribution >= 0.6 is 0 Å². The van der Waals surface area contributed by atoms with Crippen molar-refractivity contribution < 1.29 is 9.47 Å². The fraction of sp³-hybridized carbons (Fsp3) is 0.500. The van der Waals surface area contributed by atoms with Gasteiger partial charge in [0.1, 0.15) is 17.5 Å². The number of para-hydroxylation sites is 1. The number of nitriles is 1. The Morgan fingerprint density at radius 1 is 1.32 bits per heavy atom. The van der Waals surface area contributed by atoms with Gasteiger partial charge in [-0.2, -0.15) is 10.4 Å². The predicted molar refractivity (Wildman–Crippen MR) is 120 cm³/mol. The van der Waals surface area contributed by atoms with Gasteiger partial charge >= 0.3 is 0 Å². The summed E-state index contributed by atoms with van der Waals surface area (Å²) < 4.78 is 12.7. The van der Waals surface area contributed by atoms with E-state index >= 15 is 0 Å². The number of hydrogen-bond acceptors (Lipinski definition) is 6. The maximum Gasteiger partial charge on any atom is 0.190 e. The number of nitrogens with zero attached hydrogens (tertiary/aromatic N) is 4. The molecular formula is C22H31N7O2. The normalized spacial score (nSPS) is 16.3. The van der Waals surface area contributed by atoms with E-state index in [1.165, 1.54) is 0 Å². The Balaban J connectivity index is 1.39. The highest BCUT2D eigenvalue weighted by Gasteiger charge is 2.16. The van der Waals surface area contributed by atoms with Crippen LogP contribution < -0.4 is 16.4 Å². The van der Waals surface area contributed by atoms with E-state index in [-0.39, 0.29) is 6.10 Å². The van der Waals surface area contributed by atoms with Crippen LogP contribution in [0, 0.1) is 11.3 Å². The number of guanidine groups is 1. The third kappa shape index (κ3) is 6.44. The van der Waals surface area contributed by atoms with E-state index < -0.39 is 0 Å². The molecule has 0 bridgehead atoms. The van der Waals surface area contributed by atoms with Crippen LogP contribution in [0.3, 0.4) is 0 Å². The second-order valence-electron chi connectivity index (χ2n) is 7.31. The summed E-state index contributed by atoms with van der Waals surface area (Å²) in [5, 5.41) is 20.6. The molecule has 1 saturated heterocycles. The highest BCUT2D eigenvalue weighted by atomic mass is 16.5. The number of hydrogen-bond donors (Lipinski definition) is 3. The van der Waals surface area contributed by atoms with E-state index in [1.807, 2.05) is 30.3 Å². The van der Waals surface area contributed by atoms with Crippen LogP contribution in [0.5, 0.6) is 0 Å². The Morgan fingerprint density at radius 2 is 2.10 bits per heavy atom. The Hall–Kier alpha value is -3.09. The molecule has 0 amide bonds. The van der Waals surface area contributed by atoms with Crippen LogP contribution in [-0.4, -0.2) is 61.8 Å². The molecule has 1 aromatic carbocycles. The summed E-state index contributed by atoms with van der Waals surface area (Å²) in [6, 6.07) is 11.8. The van der Waals surface area contributed by atoms with Crippen molar-refractivity contribution in [1.82, 2.24) is 20.4 Å². The molecule has 1 atom stereocenters. The largest absolute Gasteiger partial charge is 0.382 e. The zero-order valence-corrected chi connectivity index (χ0v) is 18.0. The van der Waals surface area contributed by atoms with Gasteiger partial charge in [0.05, 0.1) is 24.1 Å². The highest BCUT2D eigenvalue weighted by Crippen LogP contribution is 2.21. The molecule has 4 N–H and O–H groups in total. The minimum absolute atomic E-state index is 0.246. The summed E-state index contributed by atoms with van der Waals surface area (Å²) in [4.78, 5) is 4.24. The summed E-state index contributed by atoms with van der Waals surface area (Å²) in [6.45, 7) is 3.71. The second-order valence-corrected chi connectivity index (χ2v) is 7.31. The number of nitrogens with one attached hydrogen (secondary N) is 2. The first-order valence-electron chi connectivity index (χ1n) is 10.7. The minimum Gasteiger partial charge on any atom is -0.382 e. The van der Waals surface area contributed by atoms with E-state index in [0.717, 1.165) is 44.1 Å². The van der Waals surface area contributed by atoms with Crippen molar-refractivity contribution in [2.75, 3.05) is 45.7 Å². The number of aryl methyl sites for hydroxylation is 1. The standard InChI is InChI=1S/C22H31N7O2/c1-25-22(27-12-6-13-31-18-10-14-30-16-18)26-11-5-9-20-19(15-23)21(24)29(28-20)17-7-3-2-4-8-17/h2-4,7-8,18H,5-6,9-14,16,24H2,1H3,(H2,25,26,27). The van der Waals surface area contributed by atoms with Crippen molar-refractivity contribution >= 4 is 11.8 Å². The third-order valence-electron chi connectivity index (χ3n) is 5.07. The van der Waals surface area contributed by atoms with Crippen LogP contribution in [0.15, 0.2) is 35.3 Å². The lowest BCUT2D eigenvalue weighted by Gasteiger charge is -2.13. The number of rotatable bonds is 10. The molecule has 9 nitrogen and oxygen atoms in total. The van der Waals surface area contributed by atoms with E-state index in [4.69, 9.17) is 15.2 Å². The van der Waals surface area contributed by atoms with Gasteiger partial charge in [-0.3, -0.25) is 4.99 Å². The van der Waals surface area contributed by atoms with Crippen LogP contribution in [0.25, 0.3) is 5.69 Å². The van der Waals surface area contributed by atoms with E-state index in [0.29, 0.717) is 43.3 Å². The molecule has 0 saturated carbocycles. The number of aromatic nitrogens is 2. The van der Waals surface area contributed by atoms with Gasteiger partial charge in [-0.05, 0) is 37.8 Å². The molecule has 0 spiro atoms. The van der Waals surface area contributed by atoms with Gasteiger partial charge in [-0.15, -0.1) is 0 Å². The third-order valence-corrected chi connectivity index (χ3v) is 5.07. The van der Waals surface area contributed by atoms with Crippen molar-refractivity contribution in [3.8, 4) is 11.8 Å². The van der Waals surface area contributed by atoms with Crippen molar-refractivity contribution in [3.63, 3.8) is 0 Å². The van der Waals surface area contributed by atoms with Gasteiger partial charge in [0.15, 0.2) is 5.96 Å². The monoisotopic (exact) mass is 425 g/mol. The topological polar surface area (TPSA) is 123 Å². The Labute approximate surface area is 183 Å². The van der Waals surface area contributed by atoms with Gasteiger partial charge in [0.2, 0.25) is 0 Å². The molecule has 166 valence electrons. The lowest BCUT2D eigenvalue weighted by atomic mass is 10.1. The molecule has 3 rings (SSSR count). The Bertz CT molecular complexity index is 883. The SMILES string of the molecule is CN=C(NCCCOC1CCOC1)NCCCc1nn(-c2ccccc2)c(N)c1C#N. The molecule has 0 aliphatic carbocycles. The number of ether oxygens (including phenoxy) is 2. The van der Waals surface area contributed by atoms with Gasteiger partial charge < -0.3 is 25.8 Å². The highest BCUT2D eigenvalue weighted by molar-refractivity contribution is 5.79. The molecule has 2 heterocycles. The predicted octanol–water partition coefficient (Wildman–Crippen LogP) is 1.62. The number of nitrogens with two attached hydrogens (primary N) is 1. The molecule has 0 radical (unpaired) electrons. The number of nitrogen functional groups attached to an aromatic ring is 1. The summed E-state index contributed by atoms with van der Waals surface area (Å²) >= 11 is 0. The first-order chi connectivity index (χ1) is 15.2. The first-order valence-corrected chi connectivity index (χ1v) is 10.7. The fourth-order valence-electron chi connectivity index (χ4n) is 3.40. The quantitative estimate of drug-likeness (QED) is 0.300. The van der Waals surface area contributed by atoms with Gasteiger partial charge in [0.25, 0.3) is 0 Å². The molecule has 2 aromatic rings. The van der Waals surface area contributed by atoms with Crippen molar-refractivity contribution in [1.29, 1.82) is 5.26 Å². The molecule has 1 fully saturated rings. The van der Waals surface area contributed by atoms with Gasteiger partial charge in [0, 0.05) is 33.4 Å². The van der Waals surface area contributed by atoms with E-state index in [1.54, 1.807) is 11.7 Å². The van der Waals surface area contributed by atoms with Gasteiger partial charge in [-0.25, -0.2) is 4.68 Å². The van der Waals surface area contributed by atoms with Crippen LogP contribution in [0.2, 0.25) is 0 Å². The fourth-order valence-corrected chi connectivity index (χ4v) is 3.40. The molecule has 1 aliphatic rings. The van der Waals surface area contributed by atoms with Crippen LogP contribution in [0.1, 0.15) is 30.5 Å². The first kappa shape index (κ1) is 22.6. The van der Waals surface area contributed by atoms with Crippen molar-refractivity contribution in [2.24, 2.45) is 4.99 Å². The zero-order valence-electron chi connectivity index (χ0n) is 18.0. The lowest BCUT2D eigenvalue weighted by molar-refractivity contribution is 0.0420. The number of benzene rings is 1. The maximum absolute atomic E-state index is 9.51. The Morgan fingerprint density at radius 3 is 2.77 bits per heavy atom. The lowest BCUT2D eigenvalue weighted by Crippen LogP contribution is -2.38. The summed E-state index contributed by atoms with van der Waals surface area (Å²) in [7, 11) is 1.75. The van der Waals surface area contributed by atoms with Crippen LogP contribution in [-0.2, 0) is 15.9 Å². The maximum atomic E-state index is 9.51. The molecule has 9 heteroatoms. The molecule has 1 unspecified atom stereocenters. The molecule has 1 aliphatic heterocycles. The van der Waals surface area contributed by atoms with Crippen molar-refractivity contribution in [2.45, 2.75) is 31.8 Å². The Kier molecular flexibility index (Phi) is 8.70. The van der Waals surface area contributed by atoms with E-state index in [9.17, 15) is 5.26 Å². The molecular weight excluding hydrogens is 394 g/mol. The summed E-state index contributed by atoms with van der Waals surface area (Å²) in [5.74, 6) is 1.12. The number of aliphatic imine (C=N–C) groups is 1. The molecule has 1 aromatic heterocycles. The number of anilines is 1. The summed E-state index contributed by atoms with van der Waals surface area (Å²) in [5.41, 5.74) is 8.15. The average Bonchev–Trinajstić information content (AvgIpc) is 3.43.